The minimum absolute atomic E-state index is 0.120. The summed E-state index contributed by atoms with van der Waals surface area (Å²) in [4.78, 5) is 4.30. The van der Waals surface area contributed by atoms with Gasteiger partial charge in [0.2, 0.25) is 0 Å². The fourth-order valence-electron chi connectivity index (χ4n) is 4.64. The number of pyridine rings is 1. The van der Waals surface area contributed by atoms with Crippen LogP contribution >= 0.6 is 0 Å². The lowest BCUT2D eigenvalue weighted by molar-refractivity contribution is -0.141. The number of aromatic nitrogens is 5. The van der Waals surface area contributed by atoms with Gasteiger partial charge in [0.05, 0.1) is 17.6 Å². The van der Waals surface area contributed by atoms with E-state index in [2.05, 4.69) is 15.2 Å². The molecule has 2 N–H and O–H groups in total. The molecule has 2 aliphatic rings. The highest BCUT2D eigenvalue weighted by molar-refractivity contribution is 5.68. The zero-order valence-corrected chi connectivity index (χ0v) is 19.3. The first-order valence-electron chi connectivity index (χ1n) is 11.6. The van der Waals surface area contributed by atoms with Crippen LogP contribution in [-0.2, 0) is 19.1 Å². The first-order chi connectivity index (χ1) is 17.2. The maximum absolute atomic E-state index is 14.3. The zero-order chi connectivity index (χ0) is 25.2. The number of halogens is 4. The van der Waals surface area contributed by atoms with Gasteiger partial charge in [0, 0.05) is 41.5 Å². The third kappa shape index (κ3) is 3.98. The molecule has 1 fully saturated rings. The van der Waals surface area contributed by atoms with Crippen molar-refractivity contribution in [2.75, 3.05) is 5.73 Å². The van der Waals surface area contributed by atoms with E-state index in [1.165, 1.54) is 22.9 Å². The Bertz CT molecular complexity index is 1470. The van der Waals surface area contributed by atoms with Crippen LogP contribution in [0.3, 0.4) is 0 Å². The Morgan fingerprint density at radius 3 is 2.69 bits per heavy atom. The maximum Gasteiger partial charge on any atom is 0.435 e. The Morgan fingerprint density at radius 1 is 1.14 bits per heavy atom. The molecule has 1 atom stereocenters. The monoisotopic (exact) mass is 498 g/mol. The van der Waals surface area contributed by atoms with Crippen LogP contribution in [0.4, 0.5) is 23.4 Å². The van der Waals surface area contributed by atoms with E-state index in [0.717, 1.165) is 24.6 Å². The molecule has 1 aromatic carbocycles. The van der Waals surface area contributed by atoms with E-state index in [1.54, 1.807) is 25.4 Å². The second-order valence-electron chi connectivity index (χ2n) is 9.32. The fraction of sp³-hybridized carbons (Fsp3) is 0.320. The Labute approximate surface area is 203 Å². The highest BCUT2D eigenvalue weighted by atomic mass is 19.4. The predicted octanol–water partition coefficient (Wildman–Crippen LogP) is 5.33. The number of rotatable bonds is 2. The summed E-state index contributed by atoms with van der Waals surface area (Å²) in [6.07, 6.45) is 0.185. The number of hydrogen-bond donors (Lipinski definition) is 1. The van der Waals surface area contributed by atoms with Gasteiger partial charge in [0.15, 0.2) is 17.3 Å². The quantitative estimate of drug-likeness (QED) is 0.378. The molecule has 0 saturated heterocycles. The largest absolute Gasteiger partial charge is 0.482 e. The molecule has 0 spiro atoms. The highest BCUT2D eigenvalue weighted by Crippen LogP contribution is 2.39. The van der Waals surface area contributed by atoms with Gasteiger partial charge in [-0.1, -0.05) is 0 Å². The Hall–Kier alpha value is -3.89. The Balaban J connectivity index is 1.61. The molecule has 1 aliphatic carbocycles. The average Bonchev–Trinajstić information content (AvgIpc) is 3.40. The third-order valence-electron chi connectivity index (χ3n) is 6.60. The fourth-order valence-corrected chi connectivity index (χ4v) is 4.64. The number of nitrogen functional groups attached to an aromatic ring is 1. The molecule has 2 bridgehead atoms. The van der Waals surface area contributed by atoms with Crippen LogP contribution in [-0.4, -0.2) is 24.5 Å². The van der Waals surface area contributed by atoms with Crippen molar-refractivity contribution in [3.63, 3.8) is 0 Å². The topological polar surface area (TPSA) is 83.8 Å². The van der Waals surface area contributed by atoms with E-state index in [0.29, 0.717) is 34.8 Å². The molecule has 186 valence electrons. The van der Waals surface area contributed by atoms with E-state index in [-0.39, 0.29) is 23.7 Å². The van der Waals surface area contributed by atoms with Crippen molar-refractivity contribution in [3.05, 3.63) is 71.1 Å². The van der Waals surface area contributed by atoms with Crippen LogP contribution in [0.25, 0.3) is 16.9 Å². The number of nitrogens with two attached hydrogens (primary N) is 1. The molecular weight excluding hydrogens is 476 g/mol. The summed E-state index contributed by atoms with van der Waals surface area (Å²) in [6, 6.07) is 6.60. The summed E-state index contributed by atoms with van der Waals surface area (Å²) in [5.41, 5.74) is 8.10. The van der Waals surface area contributed by atoms with Crippen molar-refractivity contribution in [2.24, 2.45) is 5.92 Å². The van der Waals surface area contributed by atoms with Gasteiger partial charge in [-0.05, 0) is 56.0 Å². The van der Waals surface area contributed by atoms with Crippen molar-refractivity contribution in [3.8, 4) is 22.7 Å². The molecule has 0 radical (unpaired) electrons. The number of benzene rings is 1. The molecule has 11 heteroatoms. The number of alkyl halides is 3. The average molecular weight is 498 g/mol. The zero-order valence-electron chi connectivity index (χ0n) is 19.3. The molecule has 1 aliphatic heterocycles. The Kier molecular flexibility index (Phi) is 5.06. The molecular formula is C25H22F4N6O. The Morgan fingerprint density at radius 2 is 1.94 bits per heavy atom. The smallest absolute Gasteiger partial charge is 0.435 e. The first-order valence-corrected chi connectivity index (χ1v) is 11.6. The van der Waals surface area contributed by atoms with Crippen molar-refractivity contribution in [2.45, 2.75) is 45.0 Å². The number of hydrogen-bond acceptors (Lipinski definition) is 5. The summed E-state index contributed by atoms with van der Waals surface area (Å²) < 4.78 is 64.7. The SMILES string of the molecule is CC1Oc2cc(cnc2N)-c2c(cnn2CC2CC2)Cc2cc(C(F)(F)F)nn2-c2ccc(F)cc21. The van der Waals surface area contributed by atoms with E-state index in [9.17, 15) is 17.6 Å². The van der Waals surface area contributed by atoms with Crippen LogP contribution in [0.15, 0.2) is 42.7 Å². The van der Waals surface area contributed by atoms with Crippen molar-refractivity contribution in [1.82, 2.24) is 24.5 Å². The van der Waals surface area contributed by atoms with Crippen molar-refractivity contribution in [1.29, 1.82) is 0 Å². The van der Waals surface area contributed by atoms with Crippen LogP contribution in [0, 0.1) is 11.7 Å². The summed E-state index contributed by atoms with van der Waals surface area (Å²) in [7, 11) is 0. The molecule has 4 heterocycles. The van der Waals surface area contributed by atoms with E-state index < -0.39 is 23.8 Å². The normalized spacial score (nSPS) is 17.3. The maximum atomic E-state index is 14.3. The predicted molar refractivity (Wildman–Crippen MR) is 123 cm³/mol. The van der Waals surface area contributed by atoms with Gasteiger partial charge >= 0.3 is 6.18 Å². The summed E-state index contributed by atoms with van der Waals surface area (Å²) in [5.74, 6) is 0.397. The first kappa shape index (κ1) is 22.6. The number of fused-ring (bicyclic) bond motifs is 7. The lowest BCUT2D eigenvalue weighted by Gasteiger charge is -2.22. The van der Waals surface area contributed by atoms with Crippen LogP contribution < -0.4 is 10.5 Å². The van der Waals surface area contributed by atoms with Gasteiger partial charge in [0.25, 0.3) is 0 Å². The summed E-state index contributed by atoms with van der Waals surface area (Å²) in [5, 5.41) is 8.45. The van der Waals surface area contributed by atoms with Gasteiger partial charge in [-0.3, -0.25) is 4.68 Å². The third-order valence-corrected chi connectivity index (χ3v) is 6.60. The summed E-state index contributed by atoms with van der Waals surface area (Å²) in [6.45, 7) is 2.37. The van der Waals surface area contributed by atoms with E-state index in [4.69, 9.17) is 10.5 Å². The van der Waals surface area contributed by atoms with Gasteiger partial charge in [-0.25, -0.2) is 14.1 Å². The molecule has 7 nitrogen and oxygen atoms in total. The van der Waals surface area contributed by atoms with Gasteiger partial charge in [-0.15, -0.1) is 0 Å². The standard InChI is InChI=1S/C25H22F4N6O/c1-13-19-8-17(26)4-5-20(19)35-18(9-22(33-35)25(27,28)29)6-15-11-32-34(12-14-2-3-14)23(15)16-7-21(36-13)24(30)31-10-16/h4-5,7-11,13-14H,2-3,6,12H2,1H3,(H2,30,31). The number of nitrogens with zero attached hydrogens (tertiary/aromatic N) is 5. The molecule has 0 amide bonds. The van der Waals surface area contributed by atoms with Crippen LogP contribution in [0.5, 0.6) is 5.75 Å². The minimum Gasteiger partial charge on any atom is -0.482 e. The lowest BCUT2D eigenvalue weighted by Crippen LogP contribution is -2.14. The molecule has 3 aromatic heterocycles. The highest BCUT2D eigenvalue weighted by Gasteiger charge is 2.36. The molecule has 1 unspecified atom stereocenters. The van der Waals surface area contributed by atoms with Crippen LogP contribution in [0.2, 0.25) is 0 Å². The van der Waals surface area contributed by atoms with Gasteiger partial charge in [0.1, 0.15) is 11.9 Å². The second-order valence-corrected chi connectivity index (χ2v) is 9.32. The van der Waals surface area contributed by atoms with Gasteiger partial charge in [-0.2, -0.15) is 23.4 Å². The molecule has 6 rings (SSSR count). The minimum atomic E-state index is -4.65. The second kappa shape index (κ2) is 8.07. The lowest BCUT2D eigenvalue weighted by atomic mass is 10.0. The van der Waals surface area contributed by atoms with E-state index in [1.807, 2.05) is 4.68 Å². The van der Waals surface area contributed by atoms with Crippen LogP contribution in [0.1, 0.15) is 48.4 Å². The molecule has 36 heavy (non-hydrogen) atoms. The molecule has 4 aromatic rings. The summed E-state index contributed by atoms with van der Waals surface area (Å²) >= 11 is 0. The van der Waals surface area contributed by atoms with Crippen molar-refractivity contribution < 1.29 is 22.3 Å². The van der Waals surface area contributed by atoms with Crippen molar-refractivity contribution >= 4 is 5.82 Å². The molecule has 1 saturated carbocycles. The van der Waals surface area contributed by atoms with E-state index >= 15 is 0 Å². The number of ether oxygens (including phenoxy) is 1. The van der Waals surface area contributed by atoms with Gasteiger partial charge < -0.3 is 10.5 Å². The number of anilines is 1.